The molecule has 0 aromatic heterocycles. The van der Waals surface area contributed by atoms with Crippen molar-refractivity contribution in [3.8, 4) is 6.07 Å². The lowest BCUT2D eigenvalue weighted by atomic mass is 9.92. The summed E-state index contributed by atoms with van der Waals surface area (Å²) in [6.45, 7) is 3.64. The molecule has 2 N–H and O–H groups in total. The Morgan fingerprint density at radius 3 is 2.78 bits per heavy atom. The van der Waals surface area contributed by atoms with Crippen LogP contribution in [0.15, 0.2) is 18.2 Å². The van der Waals surface area contributed by atoms with Gasteiger partial charge in [0.2, 0.25) is 0 Å². The van der Waals surface area contributed by atoms with Crippen LogP contribution in [0.5, 0.6) is 0 Å². The van der Waals surface area contributed by atoms with Crippen LogP contribution in [0, 0.1) is 22.6 Å². The summed E-state index contributed by atoms with van der Waals surface area (Å²) >= 11 is 0. The minimum atomic E-state index is -0.610. The fourth-order valence-electron chi connectivity index (χ4n) is 1.25. The van der Waals surface area contributed by atoms with Crippen LogP contribution in [-0.4, -0.2) is 12.6 Å². The van der Waals surface area contributed by atoms with Gasteiger partial charge in [0, 0.05) is 5.69 Å². The quantitative estimate of drug-likeness (QED) is 0.658. The lowest BCUT2D eigenvalue weighted by Crippen LogP contribution is -2.15. The number of nitrogens with two attached hydrogens (primary N) is 1. The molecule has 0 aliphatic carbocycles. The maximum atomic E-state index is 12.8. The van der Waals surface area contributed by atoms with E-state index in [2.05, 4.69) is 6.07 Å². The molecule has 1 rings (SSSR count). The summed E-state index contributed by atoms with van der Waals surface area (Å²) in [5.41, 5.74) is 5.14. The number of rotatable bonds is 4. The van der Waals surface area contributed by atoms with Crippen molar-refractivity contribution in [3.05, 3.63) is 29.6 Å². The number of hydrogen-bond donors (Lipinski definition) is 1. The van der Waals surface area contributed by atoms with Crippen molar-refractivity contribution in [3.63, 3.8) is 0 Å². The van der Waals surface area contributed by atoms with Crippen LogP contribution >= 0.6 is 0 Å². The molecule has 96 valence electrons. The molecular formula is C13H15FN2O2. The average molecular weight is 250 g/mol. The minimum Gasteiger partial charge on any atom is -0.462 e. The van der Waals surface area contributed by atoms with E-state index in [0.29, 0.717) is 6.42 Å². The summed E-state index contributed by atoms with van der Waals surface area (Å²) in [7, 11) is 0. The van der Waals surface area contributed by atoms with E-state index in [1.54, 1.807) is 13.8 Å². The molecule has 18 heavy (non-hydrogen) atoms. The van der Waals surface area contributed by atoms with E-state index in [1.165, 1.54) is 6.07 Å². The van der Waals surface area contributed by atoms with Crippen molar-refractivity contribution in [2.75, 3.05) is 12.3 Å². The van der Waals surface area contributed by atoms with Crippen molar-refractivity contribution >= 4 is 11.7 Å². The molecule has 0 spiro atoms. The molecule has 0 radical (unpaired) electrons. The number of nitrogens with zero attached hydrogens (tertiary/aromatic N) is 1. The van der Waals surface area contributed by atoms with Crippen LogP contribution in [0.4, 0.5) is 10.1 Å². The van der Waals surface area contributed by atoms with E-state index >= 15 is 0 Å². The van der Waals surface area contributed by atoms with Gasteiger partial charge >= 0.3 is 5.97 Å². The fraction of sp³-hybridized carbons (Fsp3) is 0.385. The third-order valence-corrected chi connectivity index (χ3v) is 2.50. The molecule has 1 aromatic rings. The van der Waals surface area contributed by atoms with Gasteiger partial charge < -0.3 is 10.5 Å². The smallest absolute Gasteiger partial charge is 0.340 e. The first-order chi connectivity index (χ1) is 8.35. The molecule has 0 heterocycles. The highest BCUT2D eigenvalue weighted by atomic mass is 19.1. The number of hydrogen-bond acceptors (Lipinski definition) is 4. The Hall–Kier alpha value is -2.09. The molecule has 0 aliphatic rings. The molecule has 0 fully saturated rings. The van der Waals surface area contributed by atoms with E-state index in [-0.39, 0.29) is 17.9 Å². The van der Waals surface area contributed by atoms with Gasteiger partial charge in [0.05, 0.1) is 23.7 Å². The van der Waals surface area contributed by atoms with Gasteiger partial charge in [-0.25, -0.2) is 9.18 Å². The standard InChI is InChI=1S/C13H15FN2O2/c1-13(2,8-15)5-6-18-12(17)10-4-3-9(14)7-11(10)16/h3-4,7H,5-6,16H2,1-2H3. The van der Waals surface area contributed by atoms with Gasteiger partial charge in [-0.1, -0.05) is 0 Å². The fourth-order valence-corrected chi connectivity index (χ4v) is 1.25. The summed E-state index contributed by atoms with van der Waals surface area (Å²) in [6, 6.07) is 5.60. The van der Waals surface area contributed by atoms with E-state index < -0.39 is 17.2 Å². The number of carbonyl (C=O) groups excluding carboxylic acids is 1. The van der Waals surface area contributed by atoms with Gasteiger partial charge in [0.15, 0.2) is 0 Å². The third-order valence-electron chi connectivity index (χ3n) is 2.50. The molecule has 0 aliphatic heterocycles. The second kappa shape index (κ2) is 5.50. The van der Waals surface area contributed by atoms with Gasteiger partial charge in [-0.15, -0.1) is 0 Å². The van der Waals surface area contributed by atoms with Crippen molar-refractivity contribution in [2.24, 2.45) is 5.41 Å². The van der Waals surface area contributed by atoms with Crippen molar-refractivity contribution in [2.45, 2.75) is 20.3 Å². The van der Waals surface area contributed by atoms with E-state index in [0.717, 1.165) is 12.1 Å². The minimum absolute atomic E-state index is 0.0412. The molecule has 0 amide bonds. The van der Waals surface area contributed by atoms with E-state index in [1.807, 2.05) is 0 Å². The maximum Gasteiger partial charge on any atom is 0.340 e. The molecule has 1 aromatic carbocycles. The van der Waals surface area contributed by atoms with E-state index in [4.69, 9.17) is 15.7 Å². The molecule has 0 bridgehead atoms. The number of esters is 1. The summed E-state index contributed by atoms with van der Waals surface area (Å²) in [6.07, 6.45) is 0.427. The van der Waals surface area contributed by atoms with Gasteiger partial charge in [-0.2, -0.15) is 5.26 Å². The number of carbonyl (C=O) groups is 1. The van der Waals surface area contributed by atoms with Crippen LogP contribution < -0.4 is 5.73 Å². The van der Waals surface area contributed by atoms with Crippen LogP contribution in [0.2, 0.25) is 0 Å². The van der Waals surface area contributed by atoms with Crippen LogP contribution in [0.3, 0.4) is 0 Å². The number of halogens is 1. The molecule has 0 saturated carbocycles. The lowest BCUT2D eigenvalue weighted by molar-refractivity contribution is 0.0476. The highest BCUT2D eigenvalue weighted by Crippen LogP contribution is 2.19. The van der Waals surface area contributed by atoms with Crippen LogP contribution in [-0.2, 0) is 4.74 Å². The summed E-state index contributed by atoms with van der Waals surface area (Å²) in [4.78, 5) is 11.6. The number of nitriles is 1. The first-order valence-corrected chi connectivity index (χ1v) is 5.49. The number of anilines is 1. The molecule has 5 heteroatoms. The van der Waals surface area contributed by atoms with Crippen LogP contribution in [0.25, 0.3) is 0 Å². The largest absolute Gasteiger partial charge is 0.462 e. The first-order valence-electron chi connectivity index (χ1n) is 5.49. The Kier molecular flexibility index (Phi) is 4.27. The molecular weight excluding hydrogens is 235 g/mol. The summed E-state index contributed by atoms with van der Waals surface area (Å²) < 4.78 is 17.8. The van der Waals surface area contributed by atoms with Crippen LogP contribution in [0.1, 0.15) is 30.6 Å². The monoisotopic (exact) mass is 250 g/mol. The van der Waals surface area contributed by atoms with Gasteiger partial charge in [-0.3, -0.25) is 0 Å². The zero-order valence-corrected chi connectivity index (χ0v) is 10.4. The normalized spacial score (nSPS) is 10.8. The second-order valence-electron chi connectivity index (χ2n) is 4.61. The zero-order valence-electron chi connectivity index (χ0n) is 10.4. The lowest BCUT2D eigenvalue weighted by Gasteiger charge is -2.14. The predicted octanol–water partition coefficient (Wildman–Crippen LogP) is 2.50. The Bertz CT molecular complexity index is 492. The van der Waals surface area contributed by atoms with Crippen molar-refractivity contribution in [1.82, 2.24) is 0 Å². The van der Waals surface area contributed by atoms with Crippen molar-refractivity contribution < 1.29 is 13.9 Å². The molecule has 0 atom stereocenters. The first kappa shape index (κ1) is 14.0. The Balaban J connectivity index is 2.59. The highest BCUT2D eigenvalue weighted by molar-refractivity contribution is 5.94. The number of ether oxygens (including phenoxy) is 1. The third kappa shape index (κ3) is 3.74. The SMILES string of the molecule is CC(C)(C#N)CCOC(=O)c1ccc(F)cc1N. The average Bonchev–Trinajstić information content (AvgIpc) is 2.28. The molecule has 0 unspecified atom stereocenters. The summed E-state index contributed by atoms with van der Waals surface area (Å²) in [5, 5.41) is 8.80. The molecule has 4 nitrogen and oxygen atoms in total. The highest BCUT2D eigenvalue weighted by Gasteiger charge is 2.18. The maximum absolute atomic E-state index is 12.8. The Labute approximate surface area is 105 Å². The molecule has 0 saturated heterocycles. The Morgan fingerprint density at radius 1 is 1.56 bits per heavy atom. The summed E-state index contributed by atoms with van der Waals surface area (Å²) in [5.74, 6) is -1.11. The predicted molar refractivity (Wildman–Crippen MR) is 65.1 cm³/mol. The van der Waals surface area contributed by atoms with E-state index in [9.17, 15) is 9.18 Å². The topological polar surface area (TPSA) is 76.1 Å². The number of benzene rings is 1. The Morgan fingerprint density at radius 2 is 2.22 bits per heavy atom. The van der Waals surface area contributed by atoms with Gasteiger partial charge in [-0.05, 0) is 38.5 Å². The number of nitrogen functional groups attached to an aromatic ring is 1. The zero-order chi connectivity index (χ0) is 13.8. The van der Waals surface area contributed by atoms with Gasteiger partial charge in [0.25, 0.3) is 0 Å². The van der Waals surface area contributed by atoms with Crippen molar-refractivity contribution in [1.29, 1.82) is 5.26 Å². The second-order valence-corrected chi connectivity index (χ2v) is 4.61. The van der Waals surface area contributed by atoms with Gasteiger partial charge in [0.1, 0.15) is 5.82 Å².